The third-order valence-corrected chi connectivity index (χ3v) is 9.40. The van der Waals surface area contributed by atoms with Gasteiger partial charge in [-0.25, -0.2) is 9.79 Å². The second kappa shape index (κ2) is 13.6. The zero-order valence-electron chi connectivity index (χ0n) is 25.2. The van der Waals surface area contributed by atoms with Gasteiger partial charge in [0.25, 0.3) is 5.56 Å². The Bertz CT molecular complexity index is 2350. The van der Waals surface area contributed by atoms with Crippen LogP contribution in [-0.4, -0.2) is 28.2 Å². The van der Waals surface area contributed by atoms with Crippen LogP contribution in [0.25, 0.3) is 16.8 Å². The molecule has 4 aromatic carbocycles. The molecule has 0 N–H and O–H groups in total. The van der Waals surface area contributed by atoms with Gasteiger partial charge in [0.15, 0.2) is 10.5 Å². The van der Waals surface area contributed by atoms with Gasteiger partial charge in [0, 0.05) is 11.1 Å². The van der Waals surface area contributed by atoms with Crippen molar-refractivity contribution in [3.8, 4) is 5.75 Å². The highest BCUT2D eigenvalue weighted by Crippen LogP contribution is 2.39. The molecule has 1 aliphatic heterocycles. The molecule has 1 atom stereocenters. The standard InChI is InChI=1S/C34H22BrClF3N3O6S/c1-2-47-32(44)27-28(20-10-12-22(36)13-11-20)41-31(43)26(49-33(41)40-30(27)34(37,38)39)16-18-14-24(35)29(25(15-18)42(45)46)48-17-21-8-5-7-19-6-3-4-9-23(19)21/h3-16,28H,2,17H2,1H3/b26-16-/t28-/m1/s1. The van der Waals surface area contributed by atoms with E-state index in [-0.39, 0.29) is 48.9 Å². The lowest BCUT2D eigenvalue weighted by Gasteiger charge is -2.26. The summed E-state index contributed by atoms with van der Waals surface area (Å²) in [6, 6.07) is 20.1. The van der Waals surface area contributed by atoms with E-state index < -0.39 is 45.6 Å². The molecule has 1 aromatic heterocycles. The van der Waals surface area contributed by atoms with Crippen LogP contribution in [0.5, 0.6) is 5.75 Å². The smallest absolute Gasteiger partial charge is 0.434 e. The van der Waals surface area contributed by atoms with Crippen LogP contribution in [0.2, 0.25) is 5.02 Å². The number of hydrogen-bond acceptors (Lipinski definition) is 8. The molecule has 250 valence electrons. The van der Waals surface area contributed by atoms with E-state index in [4.69, 9.17) is 21.1 Å². The number of thiazole rings is 1. The summed E-state index contributed by atoms with van der Waals surface area (Å²) in [6.45, 7) is 1.24. The molecule has 0 amide bonds. The number of allylic oxidation sites excluding steroid dienone is 1. The highest BCUT2D eigenvalue weighted by molar-refractivity contribution is 9.10. The summed E-state index contributed by atoms with van der Waals surface area (Å²) in [5.74, 6) is -1.33. The Hall–Kier alpha value is -4.79. The number of rotatable bonds is 8. The molecule has 0 spiro atoms. The summed E-state index contributed by atoms with van der Waals surface area (Å²) in [4.78, 5) is 41.9. The van der Waals surface area contributed by atoms with E-state index >= 15 is 0 Å². The molecule has 0 bridgehead atoms. The molecule has 0 saturated heterocycles. The van der Waals surface area contributed by atoms with Gasteiger partial charge in [0.05, 0.1) is 32.2 Å². The topological polar surface area (TPSA) is 113 Å². The predicted octanol–water partition coefficient (Wildman–Crippen LogP) is 7.40. The number of ether oxygens (including phenoxy) is 2. The van der Waals surface area contributed by atoms with E-state index in [0.29, 0.717) is 11.3 Å². The fraction of sp³-hybridized carbons (Fsp3) is 0.147. The van der Waals surface area contributed by atoms with E-state index in [2.05, 4.69) is 20.9 Å². The van der Waals surface area contributed by atoms with Gasteiger partial charge < -0.3 is 9.47 Å². The fourth-order valence-corrected chi connectivity index (χ4v) is 7.19. The van der Waals surface area contributed by atoms with Gasteiger partial charge in [0.1, 0.15) is 6.61 Å². The number of esters is 1. The molecule has 0 unspecified atom stereocenters. The number of nitrogens with zero attached hydrogens (tertiary/aromatic N) is 3. The minimum atomic E-state index is -5.07. The lowest BCUT2D eigenvalue weighted by molar-refractivity contribution is -0.386. The molecule has 9 nitrogen and oxygen atoms in total. The van der Waals surface area contributed by atoms with Crippen molar-refractivity contribution in [2.45, 2.75) is 25.7 Å². The highest BCUT2D eigenvalue weighted by Gasteiger charge is 2.45. The van der Waals surface area contributed by atoms with Gasteiger partial charge in [-0.15, -0.1) is 0 Å². The van der Waals surface area contributed by atoms with Crippen LogP contribution < -0.4 is 19.6 Å². The molecule has 1 aliphatic rings. The third kappa shape index (κ3) is 6.76. The Morgan fingerprint density at radius 3 is 2.53 bits per heavy atom. The van der Waals surface area contributed by atoms with E-state index in [9.17, 15) is 32.9 Å². The maximum atomic E-state index is 14.4. The minimum Gasteiger partial charge on any atom is -0.481 e. The highest BCUT2D eigenvalue weighted by atomic mass is 79.9. The number of alkyl halides is 3. The number of nitro benzene ring substituents is 1. The van der Waals surface area contributed by atoms with Gasteiger partial charge in [-0.1, -0.05) is 77.5 Å². The van der Waals surface area contributed by atoms with Crippen molar-refractivity contribution in [1.29, 1.82) is 0 Å². The van der Waals surface area contributed by atoms with Crippen LogP contribution in [0.3, 0.4) is 0 Å². The Morgan fingerprint density at radius 2 is 1.84 bits per heavy atom. The second-order valence-corrected chi connectivity index (χ2v) is 12.9. The maximum Gasteiger partial charge on any atom is 0.434 e. The minimum absolute atomic E-state index is 0.0216. The molecule has 15 heteroatoms. The Kier molecular flexibility index (Phi) is 9.47. The molecule has 0 fully saturated rings. The Balaban J connectivity index is 1.47. The molecule has 0 saturated carbocycles. The van der Waals surface area contributed by atoms with Gasteiger partial charge in [-0.3, -0.25) is 19.5 Å². The van der Waals surface area contributed by atoms with Crippen LogP contribution in [-0.2, 0) is 16.1 Å². The van der Waals surface area contributed by atoms with E-state index in [1.807, 2.05) is 42.5 Å². The molecule has 6 rings (SSSR count). The molecule has 0 aliphatic carbocycles. The van der Waals surface area contributed by atoms with Crippen molar-refractivity contribution >= 4 is 67.4 Å². The molecule has 2 heterocycles. The summed E-state index contributed by atoms with van der Waals surface area (Å²) in [5, 5.41) is 14.4. The van der Waals surface area contributed by atoms with E-state index in [1.165, 1.54) is 49.4 Å². The van der Waals surface area contributed by atoms with Crippen molar-refractivity contribution in [1.82, 2.24) is 4.57 Å². The average molecular weight is 773 g/mol. The molecular weight excluding hydrogens is 751 g/mol. The first-order valence-corrected chi connectivity index (χ1v) is 16.5. The van der Waals surface area contributed by atoms with Crippen molar-refractivity contribution in [3.63, 3.8) is 0 Å². The van der Waals surface area contributed by atoms with Crippen LogP contribution >= 0.6 is 38.9 Å². The maximum absolute atomic E-state index is 14.4. The molecule has 0 radical (unpaired) electrons. The SMILES string of the molecule is CCOC(=O)C1=C(C(F)(F)F)N=c2s/c(=C\c3cc(Br)c(OCc4cccc5ccccc45)c([N+](=O)[O-])c3)c(=O)n2[C@@H]1c1ccc(Cl)cc1. The lowest BCUT2D eigenvalue weighted by Crippen LogP contribution is -2.41. The van der Waals surface area contributed by atoms with Crippen LogP contribution in [0.15, 0.2) is 104 Å². The summed E-state index contributed by atoms with van der Waals surface area (Å²) in [5.41, 5.74) is -2.39. The number of hydrogen-bond donors (Lipinski definition) is 0. The quantitative estimate of drug-likeness (QED) is 0.0924. The van der Waals surface area contributed by atoms with Gasteiger partial charge >= 0.3 is 17.8 Å². The average Bonchev–Trinajstić information content (AvgIpc) is 3.37. The first kappa shape index (κ1) is 34.1. The van der Waals surface area contributed by atoms with Gasteiger partial charge in [-0.05, 0) is 74.6 Å². The van der Waals surface area contributed by atoms with Crippen molar-refractivity contribution in [2.24, 2.45) is 4.99 Å². The molecule has 5 aromatic rings. The van der Waals surface area contributed by atoms with Crippen LogP contribution in [0, 0.1) is 10.1 Å². The lowest BCUT2D eigenvalue weighted by atomic mass is 9.95. The Morgan fingerprint density at radius 1 is 1.12 bits per heavy atom. The summed E-state index contributed by atoms with van der Waals surface area (Å²) >= 11 is 10.0. The number of aromatic nitrogens is 1. The number of halogens is 5. The summed E-state index contributed by atoms with van der Waals surface area (Å²) < 4.78 is 55.2. The Labute approximate surface area is 292 Å². The fourth-order valence-electron chi connectivity index (χ4n) is 5.48. The predicted molar refractivity (Wildman–Crippen MR) is 181 cm³/mol. The molecular formula is C34H22BrClF3N3O6S. The van der Waals surface area contributed by atoms with Crippen molar-refractivity contribution in [3.05, 3.63) is 146 Å². The van der Waals surface area contributed by atoms with E-state index in [0.717, 1.165) is 20.9 Å². The summed E-state index contributed by atoms with van der Waals surface area (Å²) in [7, 11) is 0. The number of fused-ring (bicyclic) bond motifs is 2. The third-order valence-electron chi connectivity index (χ3n) is 7.57. The number of benzene rings is 4. The largest absolute Gasteiger partial charge is 0.481 e. The number of carbonyl (C=O) groups excluding carboxylic acids is 1. The first-order valence-electron chi connectivity index (χ1n) is 14.5. The summed E-state index contributed by atoms with van der Waals surface area (Å²) in [6.07, 6.45) is -3.77. The van der Waals surface area contributed by atoms with Gasteiger partial charge in [-0.2, -0.15) is 13.2 Å². The molecule has 49 heavy (non-hydrogen) atoms. The normalized spacial score (nSPS) is 14.8. The number of nitro groups is 1. The second-order valence-electron chi connectivity index (χ2n) is 10.6. The first-order chi connectivity index (χ1) is 23.4. The van der Waals surface area contributed by atoms with E-state index in [1.54, 1.807) is 0 Å². The van der Waals surface area contributed by atoms with Gasteiger partial charge in [0.2, 0.25) is 5.75 Å². The zero-order chi connectivity index (χ0) is 35.0. The number of carbonyl (C=O) groups is 1. The van der Waals surface area contributed by atoms with Crippen molar-refractivity contribution < 1.29 is 32.4 Å². The van der Waals surface area contributed by atoms with Crippen molar-refractivity contribution in [2.75, 3.05) is 6.61 Å². The zero-order valence-corrected chi connectivity index (χ0v) is 28.3. The monoisotopic (exact) mass is 771 g/mol. The van der Waals surface area contributed by atoms with Crippen LogP contribution in [0.4, 0.5) is 18.9 Å². The van der Waals surface area contributed by atoms with Crippen LogP contribution in [0.1, 0.15) is 29.7 Å².